The molecular weight excluding hydrogens is 463 g/mol. The summed E-state index contributed by atoms with van der Waals surface area (Å²) < 4.78 is 1.31. The van der Waals surface area contributed by atoms with Crippen LogP contribution in [0.3, 0.4) is 0 Å². The number of rotatable bonds is 0. The smallest absolute Gasteiger partial charge is 0.0159 e. The zero-order valence-electron chi connectivity index (χ0n) is 17.2. The molecular formula is C28H23I. The summed E-state index contributed by atoms with van der Waals surface area (Å²) in [7, 11) is 0. The van der Waals surface area contributed by atoms with Gasteiger partial charge in [-0.25, -0.2) is 0 Å². The van der Waals surface area contributed by atoms with Gasteiger partial charge in [0.1, 0.15) is 0 Å². The first-order chi connectivity index (χ1) is 13.8. The van der Waals surface area contributed by atoms with Crippen molar-refractivity contribution in [3.05, 3.63) is 92.6 Å². The van der Waals surface area contributed by atoms with Gasteiger partial charge in [-0.1, -0.05) is 70.2 Å². The highest BCUT2D eigenvalue weighted by Gasteiger charge is 2.42. The van der Waals surface area contributed by atoms with Gasteiger partial charge in [0.15, 0.2) is 0 Å². The maximum absolute atomic E-state index is 2.51. The topological polar surface area (TPSA) is 0 Å². The summed E-state index contributed by atoms with van der Waals surface area (Å²) in [5.41, 5.74) is 11.6. The predicted molar refractivity (Wildman–Crippen MR) is 132 cm³/mol. The molecule has 0 saturated heterocycles. The Morgan fingerprint density at radius 3 is 2.07 bits per heavy atom. The number of hydrogen-bond acceptors (Lipinski definition) is 0. The van der Waals surface area contributed by atoms with E-state index in [0.717, 1.165) is 0 Å². The summed E-state index contributed by atoms with van der Waals surface area (Å²) in [6, 6.07) is 25.4. The fourth-order valence-electron chi connectivity index (χ4n) is 5.70. The van der Waals surface area contributed by atoms with Gasteiger partial charge in [0.2, 0.25) is 0 Å². The Balaban J connectivity index is 1.73. The molecule has 29 heavy (non-hydrogen) atoms. The van der Waals surface area contributed by atoms with Crippen molar-refractivity contribution in [2.75, 3.05) is 0 Å². The average molecular weight is 486 g/mol. The summed E-state index contributed by atoms with van der Waals surface area (Å²) in [5, 5.41) is 2.70. The Morgan fingerprint density at radius 1 is 0.586 bits per heavy atom. The molecule has 0 bridgehead atoms. The van der Waals surface area contributed by atoms with E-state index in [-0.39, 0.29) is 10.8 Å². The molecule has 0 aromatic heterocycles. The van der Waals surface area contributed by atoms with Gasteiger partial charge in [0.25, 0.3) is 0 Å². The van der Waals surface area contributed by atoms with Crippen LogP contribution in [0.4, 0.5) is 0 Å². The van der Waals surface area contributed by atoms with Gasteiger partial charge in [-0.3, -0.25) is 0 Å². The van der Waals surface area contributed by atoms with Crippen molar-refractivity contribution in [3.8, 4) is 22.3 Å². The fraction of sp³-hybridized carbons (Fsp3) is 0.214. The first-order valence-corrected chi connectivity index (χ1v) is 11.4. The van der Waals surface area contributed by atoms with E-state index in [2.05, 4.69) is 117 Å². The Morgan fingerprint density at radius 2 is 1.24 bits per heavy atom. The van der Waals surface area contributed by atoms with Gasteiger partial charge in [0, 0.05) is 14.4 Å². The molecule has 4 aromatic carbocycles. The molecule has 6 rings (SSSR count). The van der Waals surface area contributed by atoms with E-state index in [9.17, 15) is 0 Å². The Labute approximate surface area is 186 Å². The zero-order valence-corrected chi connectivity index (χ0v) is 19.4. The Bertz CT molecular complexity index is 1350. The van der Waals surface area contributed by atoms with Crippen molar-refractivity contribution in [3.63, 3.8) is 0 Å². The molecule has 0 spiro atoms. The number of halogens is 1. The van der Waals surface area contributed by atoms with Crippen LogP contribution in [0.2, 0.25) is 0 Å². The molecule has 4 aromatic rings. The minimum Gasteiger partial charge on any atom is -0.0616 e. The molecule has 0 N–H and O–H groups in total. The monoisotopic (exact) mass is 486 g/mol. The quantitative estimate of drug-likeness (QED) is 0.221. The van der Waals surface area contributed by atoms with Crippen molar-refractivity contribution >= 4 is 33.4 Å². The minimum atomic E-state index is 0.0137. The van der Waals surface area contributed by atoms with Crippen LogP contribution in [0.15, 0.2) is 66.7 Å². The molecule has 0 aliphatic heterocycles. The molecule has 0 heterocycles. The second-order valence-electron chi connectivity index (χ2n) is 9.59. The molecule has 2 aliphatic rings. The van der Waals surface area contributed by atoms with Crippen LogP contribution in [0.5, 0.6) is 0 Å². The Hall–Kier alpha value is -2.13. The van der Waals surface area contributed by atoms with Crippen LogP contribution in [-0.2, 0) is 10.8 Å². The lowest BCUT2D eigenvalue weighted by atomic mass is 9.79. The average Bonchev–Trinajstić information content (AvgIpc) is 3.06. The highest BCUT2D eigenvalue weighted by molar-refractivity contribution is 14.1. The van der Waals surface area contributed by atoms with E-state index < -0.39 is 0 Å². The Kier molecular flexibility index (Phi) is 3.37. The van der Waals surface area contributed by atoms with Crippen LogP contribution in [0, 0.1) is 3.57 Å². The zero-order chi connectivity index (χ0) is 20.1. The van der Waals surface area contributed by atoms with Crippen LogP contribution in [-0.4, -0.2) is 0 Å². The second-order valence-corrected chi connectivity index (χ2v) is 10.8. The molecule has 0 nitrogen and oxygen atoms in total. The first kappa shape index (κ1) is 17.7. The van der Waals surface area contributed by atoms with Crippen LogP contribution in [0.1, 0.15) is 49.9 Å². The third-order valence-corrected chi connectivity index (χ3v) is 7.99. The van der Waals surface area contributed by atoms with Crippen molar-refractivity contribution in [1.29, 1.82) is 0 Å². The normalized spacial score (nSPS) is 17.0. The van der Waals surface area contributed by atoms with E-state index in [0.29, 0.717) is 0 Å². The summed E-state index contributed by atoms with van der Waals surface area (Å²) in [5.74, 6) is 0. The van der Waals surface area contributed by atoms with Crippen LogP contribution in [0.25, 0.3) is 33.0 Å². The van der Waals surface area contributed by atoms with Gasteiger partial charge in [0.05, 0.1) is 0 Å². The SMILES string of the molecule is CC1(C)c2cc(I)ccc2-c2cc3c(cc21)-c1c(ccc2ccccc12)C3(C)C. The largest absolute Gasteiger partial charge is 0.0616 e. The van der Waals surface area contributed by atoms with Gasteiger partial charge in [-0.15, -0.1) is 0 Å². The molecule has 0 fully saturated rings. The highest BCUT2D eigenvalue weighted by atomic mass is 127. The summed E-state index contributed by atoms with van der Waals surface area (Å²) in [6.07, 6.45) is 0. The molecule has 2 aliphatic carbocycles. The third kappa shape index (κ3) is 2.15. The van der Waals surface area contributed by atoms with E-state index in [1.165, 1.54) is 58.9 Å². The molecule has 142 valence electrons. The predicted octanol–water partition coefficient (Wildman–Crippen LogP) is 8.06. The molecule has 0 saturated carbocycles. The molecule has 0 amide bonds. The summed E-state index contributed by atoms with van der Waals surface area (Å²) in [6.45, 7) is 9.52. The minimum absolute atomic E-state index is 0.0137. The molecule has 0 unspecified atom stereocenters. The molecule has 0 atom stereocenters. The summed E-state index contributed by atoms with van der Waals surface area (Å²) >= 11 is 2.44. The van der Waals surface area contributed by atoms with Crippen molar-refractivity contribution in [1.82, 2.24) is 0 Å². The van der Waals surface area contributed by atoms with Gasteiger partial charge in [-0.2, -0.15) is 0 Å². The van der Waals surface area contributed by atoms with Gasteiger partial charge < -0.3 is 0 Å². The lowest BCUT2D eigenvalue weighted by Crippen LogP contribution is -2.17. The lowest BCUT2D eigenvalue weighted by molar-refractivity contribution is 0.652. The molecule has 1 heteroatoms. The maximum atomic E-state index is 2.51. The second kappa shape index (κ2) is 5.51. The summed E-state index contributed by atoms with van der Waals surface area (Å²) in [4.78, 5) is 0. The van der Waals surface area contributed by atoms with Crippen LogP contribution < -0.4 is 0 Å². The van der Waals surface area contributed by atoms with Crippen LogP contribution >= 0.6 is 22.6 Å². The highest BCUT2D eigenvalue weighted by Crippen LogP contribution is 2.57. The van der Waals surface area contributed by atoms with Gasteiger partial charge in [-0.05, 0) is 102 Å². The fourth-order valence-corrected chi connectivity index (χ4v) is 6.20. The van der Waals surface area contributed by atoms with E-state index >= 15 is 0 Å². The standard InChI is InChI=1S/C28H23I/c1-27(2)22-12-9-16-7-5-6-8-18(16)26(22)21-15-24-20(14-25(21)27)19-11-10-17(29)13-23(19)28(24,3)4/h5-15H,1-4H3. The van der Waals surface area contributed by atoms with Crippen molar-refractivity contribution in [2.45, 2.75) is 38.5 Å². The number of hydrogen-bond donors (Lipinski definition) is 0. The number of fused-ring (bicyclic) bond motifs is 8. The molecule has 0 radical (unpaired) electrons. The first-order valence-electron chi connectivity index (χ1n) is 10.3. The third-order valence-electron chi connectivity index (χ3n) is 7.32. The van der Waals surface area contributed by atoms with E-state index in [4.69, 9.17) is 0 Å². The van der Waals surface area contributed by atoms with E-state index in [1.807, 2.05) is 0 Å². The van der Waals surface area contributed by atoms with E-state index in [1.54, 1.807) is 0 Å². The maximum Gasteiger partial charge on any atom is 0.0159 e. The van der Waals surface area contributed by atoms with Gasteiger partial charge >= 0.3 is 0 Å². The van der Waals surface area contributed by atoms with Crippen molar-refractivity contribution in [2.24, 2.45) is 0 Å². The van der Waals surface area contributed by atoms with Crippen molar-refractivity contribution < 1.29 is 0 Å². The lowest BCUT2D eigenvalue weighted by Gasteiger charge is -2.24. The number of benzene rings is 4.